The van der Waals surface area contributed by atoms with Crippen LogP contribution in [0.2, 0.25) is 0 Å². The van der Waals surface area contributed by atoms with Crippen LogP contribution in [0.3, 0.4) is 0 Å². The number of halogens is 1. The predicted octanol–water partition coefficient (Wildman–Crippen LogP) is 3.62. The minimum Gasteiger partial charge on any atom is -0.488 e. The van der Waals surface area contributed by atoms with E-state index in [1.807, 2.05) is 0 Å². The van der Waals surface area contributed by atoms with Crippen LogP contribution in [0.1, 0.15) is 44.1 Å². The summed E-state index contributed by atoms with van der Waals surface area (Å²) in [6, 6.07) is 5.55. The van der Waals surface area contributed by atoms with Crippen LogP contribution in [0.15, 0.2) is 12.1 Å². The van der Waals surface area contributed by atoms with Crippen molar-refractivity contribution in [3.8, 4) is 11.8 Å². The Labute approximate surface area is 138 Å². The number of benzene rings is 1. The molecule has 1 aliphatic carbocycles. The molecule has 2 aliphatic rings. The maximum Gasteiger partial charge on any atom is 0.155 e. The molecule has 3 rings (SSSR count). The third-order valence-corrected chi connectivity index (χ3v) is 5.27. The molecule has 1 aromatic rings. The first-order valence-electron chi connectivity index (χ1n) is 7.42. The third-order valence-electron chi connectivity index (χ3n) is 4.47. The number of nitrogen functional groups attached to an aromatic ring is 1. The fourth-order valence-corrected chi connectivity index (χ4v) is 4.21. The third kappa shape index (κ3) is 3.11. The molecule has 1 unspecified atom stereocenters. The van der Waals surface area contributed by atoms with E-state index in [-0.39, 0.29) is 11.7 Å². The summed E-state index contributed by atoms with van der Waals surface area (Å²) in [6.45, 7) is 0.536. The number of anilines is 1. The summed E-state index contributed by atoms with van der Waals surface area (Å²) in [7, 11) is 0. The zero-order valence-electron chi connectivity index (χ0n) is 11.9. The summed E-state index contributed by atoms with van der Waals surface area (Å²) in [5.41, 5.74) is 7.19. The van der Waals surface area contributed by atoms with Crippen molar-refractivity contribution in [3.05, 3.63) is 21.3 Å². The van der Waals surface area contributed by atoms with E-state index in [1.165, 1.54) is 25.7 Å². The van der Waals surface area contributed by atoms with Crippen LogP contribution in [0.4, 0.5) is 5.69 Å². The van der Waals surface area contributed by atoms with Gasteiger partial charge in [-0.1, -0.05) is 12.8 Å². The van der Waals surface area contributed by atoms with E-state index < -0.39 is 0 Å². The van der Waals surface area contributed by atoms with Gasteiger partial charge in [-0.2, -0.15) is 5.26 Å². The van der Waals surface area contributed by atoms with Crippen molar-refractivity contribution in [3.63, 3.8) is 0 Å². The Morgan fingerprint density at radius 1 is 1.38 bits per heavy atom. The standard InChI is InChI=1S/C16H19IN2O2/c17-13-7-11(9-18)8-14(19)15(13)20-10-12-3-6-16(21-12)4-1-2-5-16/h7-8,12H,1-6,10,19H2. The van der Waals surface area contributed by atoms with Crippen LogP contribution in [-0.4, -0.2) is 18.3 Å². The SMILES string of the molecule is N#Cc1cc(N)c(OCC2CCC3(CCCC3)O2)c(I)c1. The van der Waals surface area contributed by atoms with Crippen molar-refractivity contribution in [2.45, 2.75) is 50.2 Å². The molecule has 0 radical (unpaired) electrons. The van der Waals surface area contributed by atoms with Gasteiger partial charge >= 0.3 is 0 Å². The Morgan fingerprint density at radius 3 is 2.81 bits per heavy atom. The molecule has 5 heteroatoms. The molecule has 1 spiro atoms. The van der Waals surface area contributed by atoms with Gasteiger partial charge in [0.15, 0.2) is 5.75 Å². The minimum atomic E-state index is 0.136. The Morgan fingerprint density at radius 2 is 2.14 bits per heavy atom. The zero-order chi connectivity index (χ0) is 14.9. The van der Waals surface area contributed by atoms with E-state index in [1.54, 1.807) is 12.1 Å². The number of hydrogen-bond donors (Lipinski definition) is 1. The van der Waals surface area contributed by atoms with Gasteiger partial charge in [-0.3, -0.25) is 0 Å². The number of nitrogens with zero attached hydrogens (tertiary/aromatic N) is 1. The smallest absolute Gasteiger partial charge is 0.155 e. The molecule has 1 aliphatic heterocycles. The number of ether oxygens (including phenoxy) is 2. The van der Waals surface area contributed by atoms with Gasteiger partial charge in [0, 0.05) is 0 Å². The Balaban J connectivity index is 1.62. The van der Waals surface area contributed by atoms with E-state index in [9.17, 15) is 0 Å². The molecule has 4 nitrogen and oxygen atoms in total. The second kappa shape index (κ2) is 6.01. The average molecular weight is 398 g/mol. The first-order chi connectivity index (χ1) is 10.1. The largest absolute Gasteiger partial charge is 0.488 e. The second-order valence-corrected chi connectivity index (χ2v) is 7.13. The first-order valence-corrected chi connectivity index (χ1v) is 8.49. The van der Waals surface area contributed by atoms with Gasteiger partial charge in [-0.05, 0) is 60.4 Å². The lowest BCUT2D eigenvalue weighted by atomic mass is 9.98. The number of nitriles is 1. The summed E-state index contributed by atoms with van der Waals surface area (Å²) in [5.74, 6) is 0.672. The highest BCUT2D eigenvalue weighted by Crippen LogP contribution is 2.43. The molecule has 1 aromatic carbocycles. The van der Waals surface area contributed by atoms with Crippen molar-refractivity contribution < 1.29 is 9.47 Å². The van der Waals surface area contributed by atoms with Crippen LogP contribution < -0.4 is 10.5 Å². The van der Waals surface area contributed by atoms with Gasteiger partial charge < -0.3 is 15.2 Å². The molecule has 21 heavy (non-hydrogen) atoms. The number of nitrogens with two attached hydrogens (primary N) is 1. The molecule has 1 atom stereocenters. The van der Waals surface area contributed by atoms with Crippen LogP contribution in [-0.2, 0) is 4.74 Å². The Bertz CT molecular complexity index is 553. The summed E-state index contributed by atoms with van der Waals surface area (Å²) in [6.07, 6.45) is 7.34. The van der Waals surface area contributed by atoms with E-state index in [0.29, 0.717) is 23.6 Å². The predicted molar refractivity (Wildman–Crippen MR) is 89.1 cm³/mol. The van der Waals surface area contributed by atoms with E-state index in [4.69, 9.17) is 20.5 Å². The summed E-state index contributed by atoms with van der Waals surface area (Å²) in [5, 5.41) is 8.93. The lowest BCUT2D eigenvalue weighted by Gasteiger charge is -2.24. The Hall–Kier alpha value is -1.00. The topological polar surface area (TPSA) is 68.3 Å². The molecule has 2 N–H and O–H groups in total. The maximum atomic E-state index is 8.93. The van der Waals surface area contributed by atoms with E-state index >= 15 is 0 Å². The molecule has 0 amide bonds. The van der Waals surface area contributed by atoms with Crippen LogP contribution in [0.25, 0.3) is 0 Å². The van der Waals surface area contributed by atoms with Gasteiger partial charge in [0.2, 0.25) is 0 Å². The molecular formula is C16H19IN2O2. The lowest BCUT2D eigenvalue weighted by Crippen LogP contribution is -2.27. The van der Waals surface area contributed by atoms with Crippen molar-refractivity contribution in [1.82, 2.24) is 0 Å². The van der Waals surface area contributed by atoms with Crippen molar-refractivity contribution in [1.29, 1.82) is 5.26 Å². The number of hydrogen-bond acceptors (Lipinski definition) is 4. The maximum absolute atomic E-state index is 8.93. The van der Waals surface area contributed by atoms with Crippen LogP contribution in [0, 0.1) is 14.9 Å². The number of rotatable bonds is 3. The van der Waals surface area contributed by atoms with E-state index in [2.05, 4.69) is 28.7 Å². The molecule has 2 fully saturated rings. The zero-order valence-corrected chi connectivity index (χ0v) is 14.1. The fraction of sp³-hybridized carbons (Fsp3) is 0.562. The van der Waals surface area contributed by atoms with Gasteiger partial charge in [-0.15, -0.1) is 0 Å². The molecule has 0 aromatic heterocycles. The second-order valence-electron chi connectivity index (χ2n) is 5.97. The van der Waals surface area contributed by atoms with Gasteiger partial charge in [0.25, 0.3) is 0 Å². The summed E-state index contributed by atoms with van der Waals surface area (Å²) < 4.78 is 13.0. The lowest BCUT2D eigenvalue weighted by molar-refractivity contribution is -0.0508. The van der Waals surface area contributed by atoms with Gasteiger partial charge in [0.1, 0.15) is 6.61 Å². The van der Waals surface area contributed by atoms with Crippen molar-refractivity contribution in [2.24, 2.45) is 0 Å². The van der Waals surface area contributed by atoms with Gasteiger partial charge in [0.05, 0.1) is 32.6 Å². The molecule has 0 bridgehead atoms. The first kappa shape index (κ1) is 14.9. The monoisotopic (exact) mass is 398 g/mol. The van der Waals surface area contributed by atoms with Crippen LogP contribution >= 0.6 is 22.6 Å². The minimum absolute atomic E-state index is 0.136. The van der Waals surface area contributed by atoms with Crippen molar-refractivity contribution >= 4 is 28.3 Å². The Kier molecular flexibility index (Phi) is 4.27. The summed E-state index contributed by atoms with van der Waals surface area (Å²) >= 11 is 2.16. The summed E-state index contributed by atoms with van der Waals surface area (Å²) in [4.78, 5) is 0. The molecular weight excluding hydrogens is 379 g/mol. The van der Waals surface area contributed by atoms with E-state index in [0.717, 1.165) is 16.4 Å². The molecule has 1 saturated carbocycles. The highest BCUT2D eigenvalue weighted by Gasteiger charge is 2.42. The van der Waals surface area contributed by atoms with Gasteiger partial charge in [-0.25, -0.2) is 0 Å². The normalized spacial score (nSPS) is 23.3. The fourth-order valence-electron chi connectivity index (χ4n) is 3.41. The molecule has 1 heterocycles. The molecule has 112 valence electrons. The quantitative estimate of drug-likeness (QED) is 0.624. The highest BCUT2D eigenvalue weighted by atomic mass is 127. The highest BCUT2D eigenvalue weighted by molar-refractivity contribution is 14.1. The molecule has 1 saturated heterocycles. The van der Waals surface area contributed by atoms with Crippen LogP contribution in [0.5, 0.6) is 5.75 Å². The van der Waals surface area contributed by atoms with Crippen molar-refractivity contribution in [2.75, 3.05) is 12.3 Å². The average Bonchev–Trinajstić information content (AvgIpc) is 3.08.